The molecule has 0 unspecified atom stereocenters. The SMILES string of the molecule is Cc1cc(NC(=O)NC[C@@H]2CCN(CC(F)(F)F)C2)no1. The molecule has 0 saturated carbocycles. The van der Waals surface area contributed by atoms with Gasteiger partial charge in [-0.1, -0.05) is 5.16 Å². The Morgan fingerprint density at radius 1 is 1.57 bits per heavy atom. The highest BCUT2D eigenvalue weighted by molar-refractivity contribution is 5.88. The number of hydrogen-bond donors (Lipinski definition) is 2. The standard InChI is InChI=1S/C12H17F3N4O2/c1-8-4-10(18-21-8)17-11(20)16-5-9-2-3-19(6-9)7-12(13,14)15/h4,9H,2-3,5-7H2,1H3,(H2,16,17,18,20)/t9-/m0/s1. The molecule has 118 valence electrons. The van der Waals surface area contributed by atoms with E-state index in [9.17, 15) is 18.0 Å². The van der Waals surface area contributed by atoms with Crippen molar-refractivity contribution in [1.29, 1.82) is 0 Å². The summed E-state index contributed by atoms with van der Waals surface area (Å²) in [5.74, 6) is 0.899. The number of urea groups is 1. The van der Waals surface area contributed by atoms with Gasteiger partial charge in [0.1, 0.15) is 5.76 Å². The zero-order valence-electron chi connectivity index (χ0n) is 11.5. The van der Waals surface area contributed by atoms with Gasteiger partial charge in [-0.2, -0.15) is 13.2 Å². The topological polar surface area (TPSA) is 70.4 Å². The number of rotatable bonds is 4. The molecule has 9 heteroatoms. The fourth-order valence-corrected chi connectivity index (χ4v) is 2.30. The molecule has 0 aromatic carbocycles. The Morgan fingerprint density at radius 3 is 2.95 bits per heavy atom. The van der Waals surface area contributed by atoms with E-state index in [1.807, 2.05) is 0 Å². The predicted molar refractivity (Wildman–Crippen MR) is 68.9 cm³/mol. The highest BCUT2D eigenvalue weighted by atomic mass is 19.4. The number of anilines is 1. The number of hydrogen-bond acceptors (Lipinski definition) is 4. The zero-order chi connectivity index (χ0) is 15.5. The number of aromatic nitrogens is 1. The Hall–Kier alpha value is -1.77. The first kappa shape index (κ1) is 15.6. The summed E-state index contributed by atoms with van der Waals surface area (Å²) in [7, 11) is 0. The van der Waals surface area contributed by atoms with Crippen LogP contribution in [0.1, 0.15) is 12.2 Å². The van der Waals surface area contributed by atoms with Gasteiger partial charge in [0.05, 0.1) is 6.54 Å². The van der Waals surface area contributed by atoms with Crippen molar-refractivity contribution >= 4 is 11.8 Å². The molecule has 0 aliphatic carbocycles. The summed E-state index contributed by atoms with van der Waals surface area (Å²) in [6.07, 6.45) is -3.54. The summed E-state index contributed by atoms with van der Waals surface area (Å²) in [5.41, 5.74) is 0. The average Bonchev–Trinajstić information content (AvgIpc) is 2.94. The van der Waals surface area contributed by atoms with Crippen molar-refractivity contribution in [3.63, 3.8) is 0 Å². The van der Waals surface area contributed by atoms with Crippen molar-refractivity contribution in [2.24, 2.45) is 5.92 Å². The van der Waals surface area contributed by atoms with Crippen molar-refractivity contribution in [1.82, 2.24) is 15.4 Å². The molecule has 1 aliphatic heterocycles. The quantitative estimate of drug-likeness (QED) is 0.892. The third-order valence-electron chi connectivity index (χ3n) is 3.19. The Bertz CT molecular complexity index is 489. The number of alkyl halides is 3. The second kappa shape index (κ2) is 6.33. The maximum absolute atomic E-state index is 12.3. The van der Waals surface area contributed by atoms with E-state index in [0.717, 1.165) is 0 Å². The van der Waals surface area contributed by atoms with Crippen LogP contribution >= 0.6 is 0 Å². The number of likely N-dealkylation sites (tertiary alicyclic amines) is 1. The lowest BCUT2D eigenvalue weighted by Crippen LogP contribution is -2.36. The molecule has 2 heterocycles. The van der Waals surface area contributed by atoms with Crippen LogP contribution < -0.4 is 10.6 Å². The van der Waals surface area contributed by atoms with Crippen LogP contribution in [0, 0.1) is 12.8 Å². The van der Waals surface area contributed by atoms with Gasteiger partial charge in [-0.25, -0.2) is 4.79 Å². The summed E-state index contributed by atoms with van der Waals surface area (Å²) >= 11 is 0. The van der Waals surface area contributed by atoms with E-state index in [2.05, 4.69) is 15.8 Å². The van der Waals surface area contributed by atoms with Crippen LogP contribution in [0.25, 0.3) is 0 Å². The van der Waals surface area contributed by atoms with Crippen molar-refractivity contribution in [2.45, 2.75) is 19.5 Å². The maximum atomic E-state index is 12.3. The van der Waals surface area contributed by atoms with E-state index >= 15 is 0 Å². The van der Waals surface area contributed by atoms with Gasteiger partial charge in [0.25, 0.3) is 0 Å². The van der Waals surface area contributed by atoms with E-state index in [4.69, 9.17) is 4.52 Å². The third kappa shape index (κ3) is 5.25. The Kier molecular flexibility index (Phi) is 4.71. The first-order valence-electron chi connectivity index (χ1n) is 6.59. The molecule has 1 aromatic heterocycles. The molecule has 2 rings (SSSR count). The highest BCUT2D eigenvalue weighted by Gasteiger charge is 2.34. The van der Waals surface area contributed by atoms with Crippen LogP contribution in [-0.2, 0) is 0 Å². The molecule has 1 fully saturated rings. The van der Waals surface area contributed by atoms with E-state index in [1.165, 1.54) is 4.90 Å². The molecule has 1 aromatic rings. The molecule has 1 saturated heterocycles. The van der Waals surface area contributed by atoms with Gasteiger partial charge >= 0.3 is 12.2 Å². The zero-order valence-corrected chi connectivity index (χ0v) is 11.5. The van der Waals surface area contributed by atoms with Crippen LogP contribution in [-0.4, -0.2) is 48.4 Å². The van der Waals surface area contributed by atoms with Gasteiger partial charge < -0.3 is 9.84 Å². The lowest BCUT2D eigenvalue weighted by Gasteiger charge is -2.17. The monoisotopic (exact) mass is 306 g/mol. The lowest BCUT2D eigenvalue weighted by atomic mass is 10.1. The minimum Gasteiger partial charge on any atom is -0.360 e. The smallest absolute Gasteiger partial charge is 0.360 e. The van der Waals surface area contributed by atoms with E-state index in [0.29, 0.717) is 37.6 Å². The number of nitrogens with one attached hydrogen (secondary N) is 2. The Morgan fingerprint density at radius 2 is 2.33 bits per heavy atom. The summed E-state index contributed by atoms with van der Waals surface area (Å²) in [6, 6.07) is 1.12. The van der Waals surface area contributed by atoms with E-state index in [1.54, 1.807) is 13.0 Å². The molecule has 0 radical (unpaired) electrons. The predicted octanol–water partition coefficient (Wildman–Crippen LogP) is 1.99. The number of amides is 2. The molecule has 0 spiro atoms. The summed E-state index contributed by atoms with van der Waals surface area (Å²) < 4.78 is 41.6. The average molecular weight is 306 g/mol. The maximum Gasteiger partial charge on any atom is 0.401 e. The largest absolute Gasteiger partial charge is 0.401 e. The Labute approximate surface area is 119 Å². The van der Waals surface area contributed by atoms with E-state index in [-0.39, 0.29) is 5.92 Å². The van der Waals surface area contributed by atoms with Gasteiger partial charge in [0, 0.05) is 19.2 Å². The first-order chi connectivity index (χ1) is 9.82. The van der Waals surface area contributed by atoms with Gasteiger partial charge in [0.15, 0.2) is 5.82 Å². The molecular formula is C12H17F3N4O2. The number of nitrogens with zero attached hydrogens (tertiary/aromatic N) is 2. The number of aryl methyl sites for hydroxylation is 1. The molecular weight excluding hydrogens is 289 g/mol. The van der Waals surface area contributed by atoms with Crippen molar-refractivity contribution in [3.8, 4) is 0 Å². The van der Waals surface area contributed by atoms with Gasteiger partial charge in [-0.15, -0.1) is 0 Å². The minimum absolute atomic E-state index is 0.0251. The minimum atomic E-state index is -4.18. The van der Waals surface area contributed by atoms with Gasteiger partial charge in [-0.05, 0) is 25.8 Å². The van der Waals surface area contributed by atoms with Crippen LogP contribution in [0.15, 0.2) is 10.6 Å². The number of carbonyl (C=O) groups is 1. The fraction of sp³-hybridized carbons (Fsp3) is 0.667. The lowest BCUT2D eigenvalue weighted by molar-refractivity contribution is -0.143. The highest BCUT2D eigenvalue weighted by Crippen LogP contribution is 2.22. The van der Waals surface area contributed by atoms with Crippen molar-refractivity contribution in [2.75, 3.05) is 31.5 Å². The normalized spacial score (nSPS) is 19.7. The molecule has 21 heavy (non-hydrogen) atoms. The van der Waals surface area contributed by atoms with Crippen LogP contribution in [0.4, 0.5) is 23.8 Å². The Balaban J connectivity index is 1.68. The molecule has 1 aliphatic rings. The summed E-state index contributed by atoms with van der Waals surface area (Å²) in [4.78, 5) is 12.9. The number of carbonyl (C=O) groups excluding carboxylic acids is 1. The van der Waals surface area contributed by atoms with Crippen LogP contribution in [0.3, 0.4) is 0 Å². The molecule has 6 nitrogen and oxygen atoms in total. The molecule has 2 N–H and O–H groups in total. The summed E-state index contributed by atoms with van der Waals surface area (Å²) in [5, 5.41) is 8.72. The fourth-order valence-electron chi connectivity index (χ4n) is 2.30. The second-order valence-electron chi connectivity index (χ2n) is 5.16. The molecule has 2 amide bonds. The summed E-state index contributed by atoms with van der Waals surface area (Å²) in [6.45, 7) is 1.87. The van der Waals surface area contributed by atoms with Gasteiger partial charge in [-0.3, -0.25) is 10.2 Å². The van der Waals surface area contributed by atoms with Crippen LogP contribution in [0.2, 0.25) is 0 Å². The number of halogens is 3. The van der Waals surface area contributed by atoms with Gasteiger partial charge in [0.2, 0.25) is 0 Å². The second-order valence-corrected chi connectivity index (χ2v) is 5.16. The molecule has 0 bridgehead atoms. The van der Waals surface area contributed by atoms with Crippen LogP contribution in [0.5, 0.6) is 0 Å². The third-order valence-corrected chi connectivity index (χ3v) is 3.19. The first-order valence-corrected chi connectivity index (χ1v) is 6.59. The van der Waals surface area contributed by atoms with Crippen molar-refractivity contribution < 1.29 is 22.5 Å². The molecule has 1 atom stereocenters. The van der Waals surface area contributed by atoms with Crippen molar-refractivity contribution in [3.05, 3.63) is 11.8 Å². The van der Waals surface area contributed by atoms with E-state index < -0.39 is 18.8 Å².